The van der Waals surface area contributed by atoms with Crippen molar-refractivity contribution in [2.45, 2.75) is 362 Å². The molecular weight excluding hydrogens is 1170 g/mol. The van der Waals surface area contributed by atoms with Crippen molar-refractivity contribution < 1.29 is 15.3 Å². The normalized spacial score (nSPS) is 32.6. The first-order chi connectivity index (χ1) is 42.4. The molecule has 0 aromatic rings. The number of aliphatic hydroxyl groups is 3. The van der Waals surface area contributed by atoms with Crippen molar-refractivity contribution >= 4 is 0 Å². The molecule has 8 fully saturated rings. The highest BCUT2D eigenvalue weighted by atomic mass is 16.3. The Morgan fingerprint density at radius 1 is 0.255 bits per heavy atom. The second-order valence-corrected chi connectivity index (χ2v) is 38.4. The number of nitrogens with two attached hydrogens (primary N) is 8. The fourth-order valence-electron chi connectivity index (χ4n) is 13.8. The Morgan fingerprint density at radius 3 is 0.681 bits per heavy atom. The summed E-state index contributed by atoms with van der Waals surface area (Å²) in [5, 5.41) is 28.5. The van der Waals surface area contributed by atoms with Crippen LogP contribution in [-0.4, -0.2) is 270 Å². The topological polar surface area (TPSA) is 295 Å². The lowest BCUT2D eigenvalue weighted by Crippen LogP contribution is -2.60. The van der Waals surface area contributed by atoms with Crippen LogP contribution in [0.25, 0.3) is 0 Å². The van der Waals surface area contributed by atoms with E-state index >= 15 is 0 Å². The Balaban J connectivity index is 0.000000537. The Hall–Kier alpha value is -0.760. The number of piperidine rings is 8. The summed E-state index contributed by atoms with van der Waals surface area (Å²) in [6.45, 7) is 76.8. The zero-order valence-corrected chi connectivity index (χ0v) is 67.0. The van der Waals surface area contributed by atoms with Crippen LogP contribution in [-0.2, 0) is 0 Å². The average Bonchev–Trinajstić information content (AvgIpc) is 0.939. The van der Waals surface area contributed by atoms with Gasteiger partial charge in [-0.3, -0.25) is 39.2 Å². The molecule has 0 radical (unpaired) electrons. The van der Waals surface area contributed by atoms with Gasteiger partial charge in [0.2, 0.25) is 0 Å². The van der Waals surface area contributed by atoms with Crippen LogP contribution in [0, 0.1) is 17.8 Å². The van der Waals surface area contributed by atoms with Gasteiger partial charge in [0.05, 0.1) is 18.3 Å². The van der Waals surface area contributed by atoms with E-state index in [1.807, 2.05) is 0 Å². The predicted octanol–water partition coefficient (Wildman–Crippen LogP) is 7.31. The van der Waals surface area contributed by atoms with Crippen LogP contribution in [0.3, 0.4) is 0 Å². The summed E-state index contributed by atoms with van der Waals surface area (Å²) in [6.07, 6.45) is 10.4. The molecule has 19 N–H and O–H groups in total. The Labute approximate surface area is 582 Å². The summed E-state index contributed by atoms with van der Waals surface area (Å²) in [7, 11) is 0. The number of likely N-dealkylation sites (tertiary alicyclic amines) is 8. The molecular formula is C75H166N16O3. The lowest BCUT2D eigenvalue weighted by molar-refractivity contribution is -0.0160. The van der Waals surface area contributed by atoms with Crippen molar-refractivity contribution in [3.63, 3.8) is 0 Å². The molecule has 0 aliphatic carbocycles. The van der Waals surface area contributed by atoms with Gasteiger partial charge < -0.3 is 61.2 Å². The predicted molar refractivity (Wildman–Crippen MR) is 406 cm³/mol. The first-order valence-corrected chi connectivity index (χ1v) is 37.5. The molecule has 564 valence electrons. The summed E-state index contributed by atoms with van der Waals surface area (Å²) < 4.78 is 0. The molecule has 94 heavy (non-hydrogen) atoms. The lowest BCUT2D eigenvalue weighted by atomic mass is 9.89. The van der Waals surface area contributed by atoms with Gasteiger partial charge >= 0.3 is 0 Å². The standard InChI is InChI=1S/C10H22N2O.2C10H22N2.2C9H20N2O.3C9H20N2/c1-7-5-12(10(2,3)4)6-8(11)9(7)13;2*1-8-5-9(11)7-12(6-8)10(2,3)4;2*1-9(2,3)11-5-4-8(12)7(10)6-11;3*1-9(2,3)11-6-4-5-8(10)7-11/h7-9,13H,5-6,11H2,1-4H3;2*8-9H,5-7,11H2,1-4H3;2*7-8,12H,4-6,10H2,1-3H3;3*8H,4-7,10H2,1-3H3/t;;;7-,8-;;2*8-;/m...1.10./s1. The van der Waals surface area contributed by atoms with Crippen molar-refractivity contribution in [2.75, 3.05) is 105 Å². The Kier molecular flexibility index (Phi) is 38.4. The molecule has 8 heterocycles. The van der Waals surface area contributed by atoms with E-state index in [2.05, 4.69) is 226 Å². The maximum atomic E-state index is 9.68. The maximum Gasteiger partial charge on any atom is 0.0741 e. The monoisotopic (exact) mass is 1340 g/mol. The van der Waals surface area contributed by atoms with Gasteiger partial charge in [-0.05, 0) is 268 Å². The second kappa shape index (κ2) is 39.6. The van der Waals surface area contributed by atoms with Crippen molar-refractivity contribution in [2.24, 2.45) is 63.6 Å². The Morgan fingerprint density at radius 2 is 0.479 bits per heavy atom. The summed E-state index contributed by atoms with van der Waals surface area (Å²) in [6, 6.07) is 1.74. The summed E-state index contributed by atoms with van der Waals surface area (Å²) in [5.41, 5.74) is 49.0. The lowest BCUT2D eigenvalue weighted by Gasteiger charge is -2.45. The molecule has 8 saturated heterocycles. The van der Waals surface area contributed by atoms with Gasteiger partial charge in [-0.15, -0.1) is 0 Å². The van der Waals surface area contributed by atoms with E-state index in [4.69, 9.17) is 45.9 Å². The first kappa shape index (κ1) is 91.3. The van der Waals surface area contributed by atoms with E-state index in [0.29, 0.717) is 46.8 Å². The number of rotatable bonds is 0. The van der Waals surface area contributed by atoms with E-state index in [1.165, 1.54) is 84.1 Å². The molecule has 8 aliphatic heterocycles. The molecule has 0 amide bonds. The molecule has 19 heteroatoms. The number of aliphatic hydroxyl groups excluding tert-OH is 3. The third kappa shape index (κ3) is 36.2. The summed E-state index contributed by atoms with van der Waals surface area (Å²) in [5.74, 6) is 1.80. The van der Waals surface area contributed by atoms with Gasteiger partial charge in [0.25, 0.3) is 0 Å². The smallest absolute Gasteiger partial charge is 0.0741 e. The number of hydrogen-bond acceptors (Lipinski definition) is 19. The van der Waals surface area contributed by atoms with Crippen LogP contribution in [0.4, 0.5) is 0 Å². The average molecular weight is 1340 g/mol. The van der Waals surface area contributed by atoms with Crippen LogP contribution >= 0.6 is 0 Å². The van der Waals surface area contributed by atoms with Crippen LogP contribution in [0.15, 0.2) is 0 Å². The minimum atomic E-state index is -0.335. The SMILES string of the molecule is CC(C)(C)N1CCC(O)C(N)C1.CC(C)(C)N1CCCC(N)C1.CC(C)(C)N1CCC[C@@H](N)C1.CC(C)(C)N1CCC[C@H](N)C1.CC(C)(C)N1CC[C@@H](O)[C@H](N)C1.CC1CC(N)CN(C(C)(C)C)C1.CC1CC(N)CN(C(C)(C)C)C1.CC1CN(C(C)(C)C)CC(N)C1O. The molecule has 0 spiro atoms. The molecule has 8 rings (SSSR count). The van der Waals surface area contributed by atoms with Gasteiger partial charge in [0, 0.05) is 178 Å². The van der Waals surface area contributed by atoms with E-state index in [1.54, 1.807) is 0 Å². The highest BCUT2D eigenvalue weighted by Crippen LogP contribution is 2.28. The van der Waals surface area contributed by atoms with Crippen molar-refractivity contribution in [1.82, 2.24) is 39.2 Å². The molecule has 14 atom stereocenters. The first-order valence-electron chi connectivity index (χ1n) is 37.5. The second-order valence-electron chi connectivity index (χ2n) is 38.4. The van der Waals surface area contributed by atoms with Crippen LogP contribution < -0.4 is 45.9 Å². The minimum absolute atomic E-state index is 0.0713. The van der Waals surface area contributed by atoms with Crippen molar-refractivity contribution in [3.8, 4) is 0 Å². The van der Waals surface area contributed by atoms with Gasteiger partial charge in [0.1, 0.15) is 0 Å². The van der Waals surface area contributed by atoms with Crippen LogP contribution in [0.2, 0.25) is 0 Å². The Bertz CT molecular complexity index is 1820. The van der Waals surface area contributed by atoms with E-state index in [-0.39, 0.29) is 70.0 Å². The van der Waals surface area contributed by atoms with Gasteiger partial charge in [-0.25, -0.2) is 0 Å². The van der Waals surface area contributed by atoms with Crippen LogP contribution in [0.1, 0.15) is 251 Å². The third-order valence-electron chi connectivity index (χ3n) is 20.5. The molecule has 8 aliphatic rings. The van der Waals surface area contributed by atoms with Gasteiger partial charge in [0.15, 0.2) is 0 Å². The number of hydrogen-bond donors (Lipinski definition) is 11. The fourth-order valence-corrected chi connectivity index (χ4v) is 13.8. The van der Waals surface area contributed by atoms with Gasteiger partial charge in [-0.1, -0.05) is 20.8 Å². The quantitative estimate of drug-likeness (QED) is 0.113. The van der Waals surface area contributed by atoms with Crippen molar-refractivity contribution in [3.05, 3.63) is 0 Å². The molecule has 0 saturated carbocycles. The summed E-state index contributed by atoms with van der Waals surface area (Å²) in [4.78, 5) is 19.4. The van der Waals surface area contributed by atoms with E-state index < -0.39 is 0 Å². The minimum Gasteiger partial charge on any atom is -0.391 e. The maximum absolute atomic E-state index is 9.68. The summed E-state index contributed by atoms with van der Waals surface area (Å²) >= 11 is 0. The third-order valence-corrected chi connectivity index (χ3v) is 20.5. The molecule has 0 aromatic heterocycles. The highest BCUT2D eigenvalue weighted by molar-refractivity contribution is 4.94. The van der Waals surface area contributed by atoms with Crippen LogP contribution in [0.5, 0.6) is 0 Å². The van der Waals surface area contributed by atoms with E-state index in [0.717, 1.165) is 96.7 Å². The van der Waals surface area contributed by atoms with E-state index in [9.17, 15) is 15.3 Å². The molecule has 0 bridgehead atoms. The number of nitrogens with zero attached hydrogens (tertiary/aromatic N) is 8. The molecule has 0 aromatic carbocycles. The van der Waals surface area contributed by atoms with Gasteiger partial charge in [-0.2, -0.15) is 0 Å². The molecule has 10 unspecified atom stereocenters. The van der Waals surface area contributed by atoms with Crippen molar-refractivity contribution in [1.29, 1.82) is 0 Å². The zero-order chi connectivity index (χ0) is 73.1. The zero-order valence-electron chi connectivity index (χ0n) is 67.0. The largest absolute Gasteiger partial charge is 0.391 e. The highest BCUT2D eigenvalue weighted by Gasteiger charge is 2.37. The molecule has 19 nitrogen and oxygen atoms in total. The fraction of sp³-hybridized carbons (Fsp3) is 1.00.